The molecule has 0 aromatic heterocycles. The molecule has 130 valence electrons. The van der Waals surface area contributed by atoms with Crippen LogP contribution in [0.25, 0.3) is 0 Å². The van der Waals surface area contributed by atoms with Crippen LogP contribution in [0.2, 0.25) is 0 Å². The van der Waals surface area contributed by atoms with Crippen LogP contribution in [0.1, 0.15) is 27.9 Å². The second-order valence-corrected chi connectivity index (χ2v) is 6.63. The summed E-state index contributed by atoms with van der Waals surface area (Å²) in [6.45, 7) is 0. The van der Waals surface area contributed by atoms with Gasteiger partial charge in [-0.3, -0.25) is 4.79 Å². The van der Waals surface area contributed by atoms with Crippen LogP contribution < -0.4 is 5.32 Å². The first-order valence-electron chi connectivity index (χ1n) is 8.70. The Bertz CT molecular complexity index is 794. The number of thiocarbonyl (C=S) groups is 1. The number of ketones is 1. The molecule has 0 aliphatic heterocycles. The van der Waals surface area contributed by atoms with Gasteiger partial charge in [0.2, 0.25) is 0 Å². The summed E-state index contributed by atoms with van der Waals surface area (Å²) in [5.74, 6) is 0.120. The summed E-state index contributed by atoms with van der Waals surface area (Å²) in [6.07, 6.45) is 1.14. The Hall–Kier alpha value is -2.78. The highest BCUT2D eigenvalue weighted by atomic mass is 32.1. The van der Waals surface area contributed by atoms with Crippen LogP contribution in [0.5, 0.6) is 0 Å². The van der Waals surface area contributed by atoms with Crippen molar-refractivity contribution in [1.29, 1.82) is 0 Å². The fourth-order valence-electron chi connectivity index (χ4n) is 2.90. The molecule has 0 amide bonds. The molecule has 0 spiro atoms. The van der Waals surface area contributed by atoms with Gasteiger partial charge in [0.25, 0.3) is 0 Å². The summed E-state index contributed by atoms with van der Waals surface area (Å²) < 4.78 is 0. The quantitative estimate of drug-likeness (QED) is 0.484. The molecule has 0 saturated heterocycles. The minimum absolute atomic E-state index is 0.0576. The van der Waals surface area contributed by atoms with E-state index < -0.39 is 0 Å². The van der Waals surface area contributed by atoms with E-state index in [4.69, 9.17) is 12.2 Å². The van der Waals surface area contributed by atoms with Gasteiger partial charge in [0.05, 0.1) is 0 Å². The van der Waals surface area contributed by atoms with Crippen molar-refractivity contribution in [1.82, 2.24) is 5.32 Å². The second-order valence-electron chi connectivity index (χ2n) is 6.22. The lowest BCUT2D eigenvalue weighted by atomic mass is 9.97. The van der Waals surface area contributed by atoms with E-state index in [9.17, 15) is 4.79 Å². The number of hydrogen-bond acceptors (Lipinski definition) is 2. The zero-order valence-corrected chi connectivity index (χ0v) is 15.3. The van der Waals surface area contributed by atoms with Crippen LogP contribution in [0.4, 0.5) is 0 Å². The van der Waals surface area contributed by atoms with Gasteiger partial charge < -0.3 is 5.32 Å². The first-order valence-corrected chi connectivity index (χ1v) is 9.11. The van der Waals surface area contributed by atoms with Gasteiger partial charge in [0, 0.05) is 23.6 Å². The van der Waals surface area contributed by atoms with Crippen molar-refractivity contribution in [2.75, 3.05) is 0 Å². The lowest BCUT2D eigenvalue weighted by molar-refractivity contribution is 0.0972. The van der Waals surface area contributed by atoms with E-state index in [0.29, 0.717) is 11.4 Å². The third-order valence-corrected chi connectivity index (χ3v) is 4.58. The van der Waals surface area contributed by atoms with Gasteiger partial charge in [-0.25, -0.2) is 0 Å². The highest BCUT2D eigenvalue weighted by Crippen LogP contribution is 2.12. The lowest BCUT2D eigenvalue weighted by Crippen LogP contribution is -2.37. The molecule has 3 aromatic rings. The molecule has 0 bridgehead atoms. The fraction of sp³-hybridized carbons (Fsp3) is 0.130. The first-order chi connectivity index (χ1) is 12.7. The van der Waals surface area contributed by atoms with E-state index in [2.05, 4.69) is 17.4 Å². The van der Waals surface area contributed by atoms with Crippen molar-refractivity contribution in [3.63, 3.8) is 0 Å². The first kappa shape index (κ1) is 18.0. The minimum atomic E-state index is -0.0576. The monoisotopic (exact) mass is 359 g/mol. The number of hydrogen-bond donors (Lipinski definition) is 1. The predicted octanol–water partition coefficient (Wildman–Crippen LogP) is 4.84. The van der Waals surface area contributed by atoms with Gasteiger partial charge in [-0.1, -0.05) is 103 Å². The Balaban J connectivity index is 1.75. The standard InChI is InChI=1S/C23H21NOS/c25-22(19-12-6-2-7-13-19)17-21(16-18-10-4-1-5-11-18)24-23(26)20-14-8-3-9-15-20/h1-15,21H,16-17H2,(H,24,26). The van der Waals surface area contributed by atoms with E-state index in [1.54, 1.807) is 0 Å². The average Bonchev–Trinajstić information content (AvgIpc) is 2.70. The molecular formula is C23H21NOS. The van der Waals surface area contributed by atoms with E-state index in [-0.39, 0.29) is 11.8 Å². The summed E-state index contributed by atoms with van der Waals surface area (Å²) >= 11 is 5.56. The summed E-state index contributed by atoms with van der Waals surface area (Å²) in [5, 5.41) is 3.39. The topological polar surface area (TPSA) is 29.1 Å². The van der Waals surface area contributed by atoms with Gasteiger partial charge in [-0.2, -0.15) is 0 Å². The number of carbonyl (C=O) groups excluding carboxylic acids is 1. The number of benzene rings is 3. The molecule has 2 nitrogen and oxygen atoms in total. The second kappa shape index (κ2) is 9.07. The van der Waals surface area contributed by atoms with Crippen molar-refractivity contribution in [2.45, 2.75) is 18.9 Å². The average molecular weight is 359 g/mol. The van der Waals surface area contributed by atoms with Gasteiger partial charge in [-0.15, -0.1) is 0 Å². The Labute approximate surface area is 159 Å². The van der Waals surface area contributed by atoms with E-state index in [0.717, 1.165) is 17.5 Å². The molecule has 3 heteroatoms. The predicted molar refractivity (Wildman–Crippen MR) is 111 cm³/mol. The summed E-state index contributed by atoms with van der Waals surface area (Å²) in [4.78, 5) is 13.4. The number of Topliss-reactive ketones (excluding diaryl/α,β-unsaturated/α-hetero) is 1. The third-order valence-electron chi connectivity index (χ3n) is 4.22. The number of rotatable bonds is 7. The molecule has 0 heterocycles. The maximum atomic E-state index is 12.7. The molecule has 1 atom stereocenters. The smallest absolute Gasteiger partial charge is 0.164 e. The summed E-state index contributed by atoms with van der Waals surface area (Å²) in [7, 11) is 0. The van der Waals surface area contributed by atoms with Gasteiger partial charge in [0.15, 0.2) is 5.78 Å². The third kappa shape index (κ3) is 5.11. The van der Waals surface area contributed by atoms with Crippen LogP contribution in [-0.4, -0.2) is 16.8 Å². The van der Waals surface area contributed by atoms with Gasteiger partial charge in [-0.05, 0) is 12.0 Å². The number of nitrogens with one attached hydrogen (secondary N) is 1. The summed E-state index contributed by atoms with van der Waals surface area (Å²) in [5.41, 5.74) is 2.88. The molecule has 0 fully saturated rings. The molecule has 0 aliphatic rings. The van der Waals surface area contributed by atoms with E-state index in [1.807, 2.05) is 78.9 Å². The Kier molecular flexibility index (Phi) is 6.29. The van der Waals surface area contributed by atoms with Crippen molar-refractivity contribution < 1.29 is 4.79 Å². The molecule has 3 rings (SSSR count). The fourth-order valence-corrected chi connectivity index (χ4v) is 3.20. The van der Waals surface area contributed by atoms with Crippen molar-refractivity contribution in [2.24, 2.45) is 0 Å². The Morgan fingerprint density at radius 1 is 0.769 bits per heavy atom. The van der Waals surface area contributed by atoms with E-state index >= 15 is 0 Å². The maximum Gasteiger partial charge on any atom is 0.164 e. The highest BCUT2D eigenvalue weighted by molar-refractivity contribution is 7.80. The normalized spacial score (nSPS) is 11.5. The van der Waals surface area contributed by atoms with Crippen LogP contribution in [0.15, 0.2) is 91.0 Å². The maximum absolute atomic E-state index is 12.7. The SMILES string of the molecule is O=C(CC(Cc1ccccc1)NC(=S)c1ccccc1)c1ccccc1. The molecule has 1 N–H and O–H groups in total. The van der Waals surface area contributed by atoms with Crippen LogP contribution >= 0.6 is 12.2 Å². The molecule has 0 radical (unpaired) electrons. The van der Waals surface area contributed by atoms with E-state index in [1.165, 1.54) is 5.56 Å². The molecule has 0 aliphatic carbocycles. The molecular weight excluding hydrogens is 338 g/mol. The molecule has 3 aromatic carbocycles. The molecule has 26 heavy (non-hydrogen) atoms. The molecule has 0 saturated carbocycles. The van der Waals surface area contributed by atoms with Gasteiger partial charge >= 0.3 is 0 Å². The zero-order valence-electron chi connectivity index (χ0n) is 14.5. The highest BCUT2D eigenvalue weighted by Gasteiger charge is 2.17. The zero-order chi connectivity index (χ0) is 18.2. The van der Waals surface area contributed by atoms with Crippen LogP contribution in [-0.2, 0) is 6.42 Å². The van der Waals surface area contributed by atoms with Crippen LogP contribution in [0, 0.1) is 0 Å². The lowest BCUT2D eigenvalue weighted by Gasteiger charge is -2.20. The minimum Gasteiger partial charge on any atom is -0.372 e. The molecule has 1 unspecified atom stereocenters. The van der Waals surface area contributed by atoms with Crippen molar-refractivity contribution in [3.05, 3.63) is 108 Å². The summed E-state index contributed by atoms with van der Waals surface area (Å²) in [6, 6.07) is 29.4. The van der Waals surface area contributed by atoms with Crippen molar-refractivity contribution >= 4 is 23.0 Å². The van der Waals surface area contributed by atoms with Crippen LogP contribution in [0.3, 0.4) is 0 Å². The Morgan fingerprint density at radius 3 is 1.85 bits per heavy atom. The van der Waals surface area contributed by atoms with Crippen molar-refractivity contribution in [3.8, 4) is 0 Å². The van der Waals surface area contributed by atoms with Gasteiger partial charge in [0.1, 0.15) is 4.99 Å². The number of carbonyl (C=O) groups is 1. The largest absolute Gasteiger partial charge is 0.372 e. The Morgan fingerprint density at radius 2 is 1.27 bits per heavy atom.